The standard InChI is InChI=1S/C14H7Cl5/c1-14(19)8-5-11(17)10(16)4-7(8)6-2-3-9(15)13(18)12(6)14/h2-5H,1H3. The maximum absolute atomic E-state index is 6.69. The van der Waals surface area contributed by atoms with Crippen molar-refractivity contribution in [2.45, 2.75) is 11.8 Å². The van der Waals surface area contributed by atoms with Crippen LogP contribution in [0.25, 0.3) is 11.1 Å². The van der Waals surface area contributed by atoms with Gasteiger partial charge in [0.2, 0.25) is 0 Å². The molecule has 2 aromatic rings. The first-order valence-electron chi connectivity index (χ1n) is 5.51. The Bertz CT molecular complexity index is 703. The Morgan fingerprint density at radius 3 is 2.16 bits per heavy atom. The Kier molecular flexibility index (Phi) is 3.24. The van der Waals surface area contributed by atoms with Crippen molar-refractivity contribution in [2.24, 2.45) is 0 Å². The van der Waals surface area contributed by atoms with E-state index in [1.165, 1.54) is 0 Å². The van der Waals surface area contributed by atoms with Crippen LogP contribution in [0.5, 0.6) is 0 Å². The number of benzene rings is 2. The van der Waals surface area contributed by atoms with Crippen LogP contribution in [0.2, 0.25) is 20.1 Å². The monoisotopic (exact) mass is 350 g/mol. The van der Waals surface area contributed by atoms with Crippen LogP contribution in [0.4, 0.5) is 0 Å². The first-order valence-corrected chi connectivity index (χ1v) is 7.40. The molecule has 0 radical (unpaired) electrons. The SMILES string of the molecule is CC1(Cl)c2cc(Cl)c(Cl)cc2-c2ccc(Cl)c(Cl)c21. The first kappa shape index (κ1) is 13.9. The van der Waals surface area contributed by atoms with Crippen molar-refractivity contribution >= 4 is 58.0 Å². The molecule has 1 aliphatic carbocycles. The third-order valence-corrected chi connectivity index (χ3v) is 5.34. The highest BCUT2D eigenvalue weighted by Gasteiger charge is 2.40. The Labute approximate surface area is 136 Å². The van der Waals surface area contributed by atoms with Gasteiger partial charge in [-0.1, -0.05) is 52.5 Å². The van der Waals surface area contributed by atoms with E-state index in [1.807, 2.05) is 19.1 Å². The number of fused-ring (bicyclic) bond motifs is 3. The van der Waals surface area contributed by atoms with Gasteiger partial charge in [-0.3, -0.25) is 0 Å². The molecule has 0 fully saturated rings. The van der Waals surface area contributed by atoms with Crippen LogP contribution in [0.15, 0.2) is 24.3 Å². The highest BCUT2D eigenvalue weighted by Crippen LogP contribution is 2.56. The van der Waals surface area contributed by atoms with Gasteiger partial charge in [-0.25, -0.2) is 0 Å². The summed E-state index contributed by atoms with van der Waals surface area (Å²) in [5, 5.41) is 1.92. The van der Waals surface area contributed by atoms with Gasteiger partial charge in [-0.05, 0) is 41.8 Å². The molecule has 0 amide bonds. The predicted molar refractivity (Wildman–Crippen MR) is 84.2 cm³/mol. The zero-order chi connectivity index (χ0) is 13.9. The maximum Gasteiger partial charge on any atom is 0.0943 e. The summed E-state index contributed by atoms with van der Waals surface area (Å²) in [6.45, 7) is 1.88. The van der Waals surface area contributed by atoms with Crippen LogP contribution in [0.1, 0.15) is 18.1 Å². The van der Waals surface area contributed by atoms with Crippen molar-refractivity contribution < 1.29 is 0 Å². The lowest BCUT2D eigenvalue weighted by Gasteiger charge is -2.20. The van der Waals surface area contributed by atoms with Gasteiger partial charge in [-0.2, -0.15) is 0 Å². The summed E-state index contributed by atoms with van der Waals surface area (Å²) < 4.78 is 0. The lowest BCUT2D eigenvalue weighted by Crippen LogP contribution is -2.12. The van der Waals surface area contributed by atoms with Gasteiger partial charge in [0.25, 0.3) is 0 Å². The third kappa shape index (κ3) is 1.89. The van der Waals surface area contributed by atoms with E-state index in [4.69, 9.17) is 58.0 Å². The summed E-state index contributed by atoms with van der Waals surface area (Å²) in [4.78, 5) is -0.763. The zero-order valence-electron chi connectivity index (χ0n) is 9.70. The van der Waals surface area contributed by atoms with Crippen LogP contribution in [-0.4, -0.2) is 0 Å². The minimum atomic E-state index is -0.763. The molecule has 0 aliphatic heterocycles. The third-order valence-electron chi connectivity index (χ3n) is 3.42. The number of hydrogen-bond acceptors (Lipinski definition) is 0. The van der Waals surface area contributed by atoms with Gasteiger partial charge in [0.05, 0.1) is 25.0 Å². The van der Waals surface area contributed by atoms with Gasteiger partial charge < -0.3 is 0 Å². The predicted octanol–water partition coefficient (Wildman–Crippen LogP) is 6.78. The molecule has 5 heteroatoms. The minimum absolute atomic E-state index is 0.472. The molecule has 0 bridgehead atoms. The molecule has 3 rings (SSSR count). The van der Waals surface area contributed by atoms with E-state index in [0.29, 0.717) is 20.1 Å². The van der Waals surface area contributed by atoms with Crippen molar-refractivity contribution in [3.63, 3.8) is 0 Å². The summed E-state index contributed by atoms with van der Waals surface area (Å²) in [5.74, 6) is 0. The number of rotatable bonds is 0. The fourth-order valence-corrected chi connectivity index (χ4v) is 3.77. The molecular formula is C14H7Cl5. The van der Waals surface area contributed by atoms with E-state index in [-0.39, 0.29) is 0 Å². The maximum atomic E-state index is 6.69. The molecule has 0 spiro atoms. The average Bonchev–Trinajstić information content (AvgIpc) is 2.55. The van der Waals surface area contributed by atoms with Crippen molar-refractivity contribution in [1.29, 1.82) is 0 Å². The molecule has 0 saturated carbocycles. The lowest BCUT2D eigenvalue weighted by molar-refractivity contribution is 0.852. The number of halogens is 5. The van der Waals surface area contributed by atoms with Gasteiger partial charge in [0, 0.05) is 5.56 Å². The fourth-order valence-electron chi connectivity index (χ4n) is 2.53. The second-order valence-corrected chi connectivity index (χ2v) is 6.95. The van der Waals surface area contributed by atoms with Gasteiger partial charge in [0.1, 0.15) is 0 Å². The molecule has 98 valence electrons. The smallest absolute Gasteiger partial charge is 0.0943 e. The molecule has 1 unspecified atom stereocenters. The molecule has 0 heterocycles. The average molecular weight is 352 g/mol. The summed E-state index contributed by atoms with van der Waals surface area (Å²) in [7, 11) is 0. The molecule has 0 saturated heterocycles. The fraction of sp³-hybridized carbons (Fsp3) is 0.143. The van der Waals surface area contributed by atoms with E-state index in [0.717, 1.165) is 22.3 Å². The number of hydrogen-bond donors (Lipinski definition) is 0. The Morgan fingerprint density at radius 1 is 0.842 bits per heavy atom. The van der Waals surface area contributed by atoms with Gasteiger partial charge in [-0.15, -0.1) is 11.6 Å². The molecule has 19 heavy (non-hydrogen) atoms. The van der Waals surface area contributed by atoms with Crippen molar-refractivity contribution in [3.8, 4) is 11.1 Å². The Balaban J connectivity index is 2.43. The van der Waals surface area contributed by atoms with Crippen LogP contribution in [0, 0.1) is 0 Å². The van der Waals surface area contributed by atoms with Crippen LogP contribution in [-0.2, 0) is 4.87 Å². The molecule has 0 nitrogen and oxygen atoms in total. The zero-order valence-corrected chi connectivity index (χ0v) is 13.5. The summed E-state index contributed by atoms with van der Waals surface area (Å²) >= 11 is 31.3. The van der Waals surface area contributed by atoms with Crippen LogP contribution < -0.4 is 0 Å². The topological polar surface area (TPSA) is 0 Å². The normalized spacial score (nSPS) is 20.3. The number of alkyl halides is 1. The summed E-state index contributed by atoms with van der Waals surface area (Å²) in [6.07, 6.45) is 0. The van der Waals surface area contributed by atoms with Gasteiger partial charge >= 0.3 is 0 Å². The highest BCUT2D eigenvalue weighted by atomic mass is 35.5. The first-order chi connectivity index (χ1) is 8.84. The Morgan fingerprint density at radius 2 is 1.47 bits per heavy atom. The van der Waals surface area contributed by atoms with Crippen molar-refractivity contribution in [2.75, 3.05) is 0 Å². The molecular weight excluding hydrogens is 345 g/mol. The summed E-state index contributed by atoms with van der Waals surface area (Å²) in [6, 6.07) is 7.26. The van der Waals surface area contributed by atoms with Crippen molar-refractivity contribution in [3.05, 3.63) is 55.5 Å². The highest BCUT2D eigenvalue weighted by molar-refractivity contribution is 6.45. The van der Waals surface area contributed by atoms with E-state index in [1.54, 1.807) is 12.1 Å². The molecule has 1 atom stereocenters. The van der Waals surface area contributed by atoms with E-state index < -0.39 is 4.87 Å². The molecule has 1 aliphatic rings. The van der Waals surface area contributed by atoms with Crippen LogP contribution in [0.3, 0.4) is 0 Å². The minimum Gasteiger partial charge on any atom is -0.109 e. The summed E-state index contributed by atoms with van der Waals surface area (Å²) in [5.41, 5.74) is 3.58. The van der Waals surface area contributed by atoms with Crippen molar-refractivity contribution in [1.82, 2.24) is 0 Å². The van der Waals surface area contributed by atoms with E-state index in [2.05, 4.69) is 0 Å². The van der Waals surface area contributed by atoms with E-state index in [9.17, 15) is 0 Å². The Hall–Kier alpha value is -0.110. The quantitative estimate of drug-likeness (QED) is 0.458. The largest absolute Gasteiger partial charge is 0.109 e. The molecule has 0 N–H and O–H groups in total. The van der Waals surface area contributed by atoms with E-state index >= 15 is 0 Å². The lowest BCUT2D eigenvalue weighted by atomic mass is 9.98. The van der Waals surface area contributed by atoms with Crippen LogP contribution >= 0.6 is 58.0 Å². The second-order valence-electron chi connectivity index (χ2n) is 4.60. The second kappa shape index (κ2) is 4.44. The molecule has 0 aromatic heterocycles. The van der Waals surface area contributed by atoms with Gasteiger partial charge in [0.15, 0.2) is 0 Å². The molecule has 2 aromatic carbocycles.